The van der Waals surface area contributed by atoms with Gasteiger partial charge in [-0.25, -0.2) is 0 Å². The number of aromatic nitrogens is 2. The summed E-state index contributed by atoms with van der Waals surface area (Å²) >= 11 is 0. The molecule has 0 atom stereocenters. The van der Waals surface area contributed by atoms with Gasteiger partial charge in [0.25, 0.3) is 0 Å². The van der Waals surface area contributed by atoms with E-state index in [2.05, 4.69) is 70.5 Å². The van der Waals surface area contributed by atoms with E-state index in [4.69, 9.17) is 0 Å². The standard InChI is InChI=1S/C23H28N4O/c1-24-12-10-17-15-27(20-7-5-4-6-18(17)20)23-21(28)9-8-19-22(23)16(14-25-19)11-13-26(2)3/h4-9,14-15,24-25,28H,10-13H2,1-3H3. The summed E-state index contributed by atoms with van der Waals surface area (Å²) in [5.41, 5.74) is 5.54. The lowest BCUT2D eigenvalue weighted by Crippen LogP contribution is -2.15. The normalized spacial score (nSPS) is 11.9. The van der Waals surface area contributed by atoms with Crippen molar-refractivity contribution in [3.63, 3.8) is 0 Å². The molecule has 0 saturated carbocycles. The maximum atomic E-state index is 10.9. The molecule has 2 aromatic carbocycles. The second-order valence-corrected chi connectivity index (χ2v) is 7.62. The van der Waals surface area contributed by atoms with Crippen molar-refractivity contribution in [3.05, 3.63) is 59.9 Å². The first-order valence-corrected chi connectivity index (χ1v) is 9.80. The molecule has 0 aliphatic carbocycles. The number of fused-ring (bicyclic) bond motifs is 2. The number of hydrogen-bond donors (Lipinski definition) is 3. The molecule has 0 fully saturated rings. The fourth-order valence-corrected chi connectivity index (χ4v) is 3.94. The lowest BCUT2D eigenvalue weighted by molar-refractivity contribution is 0.414. The molecular formula is C23H28N4O. The van der Waals surface area contributed by atoms with Crippen molar-refractivity contribution < 1.29 is 5.11 Å². The van der Waals surface area contributed by atoms with Gasteiger partial charge in [0, 0.05) is 35.2 Å². The lowest BCUT2D eigenvalue weighted by Gasteiger charge is -2.13. The molecule has 4 rings (SSSR count). The Labute approximate surface area is 165 Å². The van der Waals surface area contributed by atoms with E-state index in [9.17, 15) is 5.11 Å². The van der Waals surface area contributed by atoms with Crippen LogP contribution in [0.15, 0.2) is 48.8 Å². The van der Waals surface area contributed by atoms with Crippen molar-refractivity contribution in [2.45, 2.75) is 12.8 Å². The maximum absolute atomic E-state index is 10.9. The number of aromatic amines is 1. The molecular weight excluding hydrogens is 348 g/mol. The zero-order valence-corrected chi connectivity index (χ0v) is 16.8. The van der Waals surface area contributed by atoms with Crippen molar-refractivity contribution in [3.8, 4) is 11.4 Å². The highest BCUT2D eigenvalue weighted by atomic mass is 16.3. The molecule has 5 heteroatoms. The number of phenols is 1. The van der Waals surface area contributed by atoms with Crippen LogP contribution < -0.4 is 5.32 Å². The Morgan fingerprint density at radius 1 is 1.07 bits per heavy atom. The Balaban J connectivity index is 1.94. The number of hydrogen-bond acceptors (Lipinski definition) is 3. The molecule has 0 spiro atoms. The molecule has 2 aromatic heterocycles. The van der Waals surface area contributed by atoms with Crippen LogP contribution >= 0.6 is 0 Å². The van der Waals surface area contributed by atoms with Crippen LogP contribution in [-0.4, -0.2) is 53.8 Å². The molecule has 0 aliphatic heterocycles. The molecule has 0 radical (unpaired) electrons. The first kappa shape index (κ1) is 18.6. The zero-order chi connectivity index (χ0) is 19.7. The molecule has 28 heavy (non-hydrogen) atoms. The van der Waals surface area contributed by atoms with Crippen LogP contribution in [0, 0.1) is 0 Å². The molecule has 0 amide bonds. The van der Waals surface area contributed by atoms with Gasteiger partial charge < -0.3 is 24.9 Å². The predicted octanol–water partition coefficient (Wildman–Crippen LogP) is 3.68. The first-order valence-electron chi connectivity index (χ1n) is 9.80. The second kappa shape index (κ2) is 7.70. The van der Waals surface area contributed by atoms with E-state index in [1.54, 1.807) is 6.07 Å². The van der Waals surface area contributed by atoms with Gasteiger partial charge in [0.2, 0.25) is 0 Å². The Hall–Kier alpha value is -2.76. The highest BCUT2D eigenvalue weighted by molar-refractivity contribution is 5.97. The largest absolute Gasteiger partial charge is 0.506 e. The van der Waals surface area contributed by atoms with Crippen molar-refractivity contribution in [1.29, 1.82) is 0 Å². The van der Waals surface area contributed by atoms with Gasteiger partial charge in [-0.15, -0.1) is 0 Å². The van der Waals surface area contributed by atoms with Gasteiger partial charge in [0.05, 0.1) is 11.2 Å². The van der Waals surface area contributed by atoms with E-state index < -0.39 is 0 Å². The summed E-state index contributed by atoms with van der Waals surface area (Å²) in [7, 11) is 6.14. The third-order valence-corrected chi connectivity index (χ3v) is 5.39. The minimum atomic E-state index is 0.305. The number of rotatable bonds is 7. The summed E-state index contributed by atoms with van der Waals surface area (Å²) in [6.07, 6.45) is 6.13. The average molecular weight is 377 g/mol. The van der Waals surface area contributed by atoms with Gasteiger partial charge in [-0.1, -0.05) is 18.2 Å². The number of benzene rings is 2. The molecule has 0 bridgehead atoms. The van der Waals surface area contributed by atoms with E-state index >= 15 is 0 Å². The van der Waals surface area contributed by atoms with Crippen molar-refractivity contribution >= 4 is 21.8 Å². The predicted molar refractivity (Wildman–Crippen MR) is 117 cm³/mol. The van der Waals surface area contributed by atoms with Gasteiger partial charge >= 0.3 is 0 Å². The molecule has 0 aliphatic rings. The number of nitrogens with zero attached hydrogens (tertiary/aromatic N) is 2. The molecule has 146 valence electrons. The van der Waals surface area contributed by atoms with Crippen LogP contribution in [0.3, 0.4) is 0 Å². The Morgan fingerprint density at radius 2 is 1.89 bits per heavy atom. The number of likely N-dealkylation sites (N-methyl/N-ethyl adjacent to an activating group) is 2. The highest BCUT2D eigenvalue weighted by Crippen LogP contribution is 2.36. The van der Waals surface area contributed by atoms with E-state index in [0.29, 0.717) is 5.75 Å². The highest BCUT2D eigenvalue weighted by Gasteiger charge is 2.18. The maximum Gasteiger partial charge on any atom is 0.140 e. The summed E-state index contributed by atoms with van der Waals surface area (Å²) in [6.45, 7) is 1.88. The third-order valence-electron chi connectivity index (χ3n) is 5.39. The monoisotopic (exact) mass is 376 g/mol. The average Bonchev–Trinajstić information content (AvgIpc) is 3.26. The quantitative estimate of drug-likeness (QED) is 0.461. The van der Waals surface area contributed by atoms with Crippen LogP contribution in [0.5, 0.6) is 5.75 Å². The molecule has 4 aromatic rings. The van der Waals surface area contributed by atoms with Gasteiger partial charge in [-0.05, 0) is 69.9 Å². The van der Waals surface area contributed by atoms with E-state index in [1.165, 1.54) is 16.5 Å². The van der Waals surface area contributed by atoms with Gasteiger partial charge in [-0.3, -0.25) is 0 Å². The summed E-state index contributed by atoms with van der Waals surface area (Å²) in [6, 6.07) is 12.2. The molecule has 2 heterocycles. The van der Waals surface area contributed by atoms with E-state index in [1.807, 2.05) is 13.1 Å². The summed E-state index contributed by atoms with van der Waals surface area (Å²) in [5.74, 6) is 0.305. The summed E-state index contributed by atoms with van der Waals surface area (Å²) in [5, 5.41) is 16.4. The van der Waals surface area contributed by atoms with E-state index in [-0.39, 0.29) is 0 Å². The molecule has 0 unspecified atom stereocenters. The second-order valence-electron chi connectivity index (χ2n) is 7.62. The number of nitrogens with one attached hydrogen (secondary N) is 2. The van der Waals surface area contributed by atoms with Crippen LogP contribution in [0.4, 0.5) is 0 Å². The van der Waals surface area contributed by atoms with Gasteiger partial charge in [0.1, 0.15) is 5.75 Å². The number of phenolic OH excluding ortho intramolecular Hbond substituents is 1. The lowest BCUT2D eigenvalue weighted by atomic mass is 10.1. The Morgan fingerprint density at radius 3 is 2.68 bits per heavy atom. The fourth-order valence-electron chi connectivity index (χ4n) is 3.94. The molecule has 5 nitrogen and oxygen atoms in total. The zero-order valence-electron chi connectivity index (χ0n) is 16.8. The third kappa shape index (κ3) is 3.28. The summed E-state index contributed by atoms with van der Waals surface area (Å²) < 4.78 is 2.16. The topological polar surface area (TPSA) is 56.2 Å². The van der Waals surface area contributed by atoms with Gasteiger partial charge in [0.15, 0.2) is 0 Å². The van der Waals surface area contributed by atoms with Crippen LogP contribution in [0.2, 0.25) is 0 Å². The first-order chi connectivity index (χ1) is 13.6. The minimum Gasteiger partial charge on any atom is -0.506 e. The summed E-state index contributed by atoms with van der Waals surface area (Å²) in [4.78, 5) is 5.57. The van der Waals surface area contributed by atoms with Gasteiger partial charge in [-0.2, -0.15) is 0 Å². The number of aromatic hydroxyl groups is 1. The van der Waals surface area contributed by atoms with Crippen molar-refractivity contribution in [1.82, 2.24) is 19.8 Å². The molecule has 3 N–H and O–H groups in total. The smallest absolute Gasteiger partial charge is 0.140 e. The fraction of sp³-hybridized carbons (Fsp3) is 0.304. The van der Waals surface area contributed by atoms with Crippen LogP contribution in [0.1, 0.15) is 11.1 Å². The van der Waals surface area contributed by atoms with Crippen molar-refractivity contribution in [2.24, 2.45) is 0 Å². The Kier molecular flexibility index (Phi) is 5.11. The molecule has 0 saturated heterocycles. The van der Waals surface area contributed by atoms with Crippen LogP contribution in [0.25, 0.3) is 27.5 Å². The van der Waals surface area contributed by atoms with Crippen LogP contribution in [-0.2, 0) is 12.8 Å². The number of para-hydroxylation sites is 1. The SMILES string of the molecule is CNCCc1cn(-c2c(O)ccc3[nH]cc(CCN(C)C)c23)c2ccccc12. The Bertz CT molecular complexity index is 1110. The number of H-pyrrole nitrogens is 1. The minimum absolute atomic E-state index is 0.305. The van der Waals surface area contributed by atoms with E-state index in [0.717, 1.165) is 48.0 Å². The van der Waals surface area contributed by atoms with Crippen molar-refractivity contribution in [2.75, 3.05) is 34.2 Å².